The number of hydrogen-bond acceptors (Lipinski definition) is 5. The lowest BCUT2D eigenvalue weighted by Crippen LogP contribution is -2.50. The second-order valence-electron chi connectivity index (χ2n) is 8.82. The molecular weight excluding hydrogens is 450 g/mol. The molecule has 1 saturated heterocycles. The van der Waals surface area contributed by atoms with Crippen molar-refractivity contribution in [2.75, 3.05) is 19.7 Å². The Balaban J connectivity index is 1.21. The summed E-state index contributed by atoms with van der Waals surface area (Å²) in [5, 5.41) is 14.4. The maximum Gasteiger partial charge on any atom is 0.407 e. The van der Waals surface area contributed by atoms with Crippen molar-refractivity contribution in [2.24, 2.45) is 0 Å². The van der Waals surface area contributed by atoms with Gasteiger partial charge in [-0.05, 0) is 42.0 Å². The Bertz CT molecular complexity index is 1090. The van der Waals surface area contributed by atoms with E-state index in [1.807, 2.05) is 36.4 Å². The van der Waals surface area contributed by atoms with Crippen LogP contribution in [0, 0.1) is 0 Å². The van der Waals surface area contributed by atoms with E-state index in [0.717, 1.165) is 22.3 Å². The minimum absolute atomic E-state index is 0.0375. The highest BCUT2D eigenvalue weighted by atomic mass is 16.5. The summed E-state index contributed by atoms with van der Waals surface area (Å²) in [5.41, 5.74) is 4.51. The van der Waals surface area contributed by atoms with Crippen molar-refractivity contribution >= 4 is 23.9 Å². The van der Waals surface area contributed by atoms with Crippen LogP contribution in [0.25, 0.3) is 11.1 Å². The zero-order valence-electron chi connectivity index (χ0n) is 19.5. The summed E-state index contributed by atoms with van der Waals surface area (Å²) in [6.07, 6.45) is 0.369. The van der Waals surface area contributed by atoms with Crippen molar-refractivity contribution in [3.8, 4) is 11.1 Å². The molecule has 1 fully saturated rings. The van der Waals surface area contributed by atoms with Crippen molar-refractivity contribution in [1.82, 2.24) is 15.5 Å². The first kappa shape index (κ1) is 24.3. The van der Waals surface area contributed by atoms with Gasteiger partial charge >= 0.3 is 12.1 Å². The number of ether oxygens (including phenoxy) is 1. The van der Waals surface area contributed by atoms with E-state index in [9.17, 15) is 24.3 Å². The first-order valence-corrected chi connectivity index (χ1v) is 11.8. The van der Waals surface area contributed by atoms with Gasteiger partial charge in [0.15, 0.2) is 0 Å². The lowest BCUT2D eigenvalue weighted by atomic mass is 9.98. The summed E-state index contributed by atoms with van der Waals surface area (Å²) in [4.78, 5) is 49.6. The van der Waals surface area contributed by atoms with E-state index >= 15 is 0 Å². The number of amides is 3. The van der Waals surface area contributed by atoms with E-state index in [4.69, 9.17) is 4.74 Å². The van der Waals surface area contributed by atoms with Crippen molar-refractivity contribution in [2.45, 2.75) is 44.2 Å². The van der Waals surface area contributed by atoms with Gasteiger partial charge in [-0.25, -0.2) is 9.59 Å². The molecule has 9 nitrogen and oxygen atoms in total. The topological polar surface area (TPSA) is 125 Å². The molecule has 2 atom stereocenters. The number of alkyl carbamates (subject to hydrolysis) is 1. The molecule has 184 valence electrons. The second-order valence-corrected chi connectivity index (χ2v) is 8.82. The molecule has 0 unspecified atom stereocenters. The van der Waals surface area contributed by atoms with E-state index in [1.54, 1.807) is 0 Å². The van der Waals surface area contributed by atoms with Crippen molar-refractivity contribution in [1.29, 1.82) is 0 Å². The maximum absolute atomic E-state index is 12.5. The van der Waals surface area contributed by atoms with Crippen LogP contribution in [0.4, 0.5) is 4.79 Å². The molecule has 3 amide bonds. The lowest BCUT2D eigenvalue weighted by Gasteiger charge is -2.25. The maximum atomic E-state index is 12.5. The fourth-order valence-corrected chi connectivity index (χ4v) is 4.84. The Morgan fingerprint density at radius 3 is 2.31 bits per heavy atom. The first-order valence-electron chi connectivity index (χ1n) is 11.8. The fraction of sp³-hybridized carbons (Fsp3) is 0.385. The molecule has 2 aliphatic rings. The Morgan fingerprint density at radius 2 is 1.69 bits per heavy atom. The third-order valence-electron chi connectivity index (χ3n) is 6.53. The zero-order valence-corrected chi connectivity index (χ0v) is 19.5. The third kappa shape index (κ3) is 5.29. The normalized spacial score (nSPS) is 17.3. The molecule has 0 bridgehead atoms. The minimum Gasteiger partial charge on any atom is -0.480 e. The first-order chi connectivity index (χ1) is 16.9. The highest BCUT2D eigenvalue weighted by Crippen LogP contribution is 2.44. The Morgan fingerprint density at radius 1 is 1.06 bits per heavy atom. The van der Waals surface area contributed by atoms with Gasteiger partial charge in [0.05, 0.1) is 0 Å². The molecule has 3 N–H and O–H groups in total. The van der Waals surface area contributed by atoms with Gasteiger partial charge in [0, 0.05) is 25.4 Å². The minimum atomic E-state index is -1.04. The van der Waals surface area contributed by atoms with Gasteiger partial charge in [0.2, 0.25) is 11.8 Å². The quantitative estimate of drug-likeness (QED) is 0.534. The molecule has 0 spiro atoms. The summed E-state index contributed by atoms with van der Waals surface area (Å²) in [6.45, 7) is 2.11. The summed E-state index contributed by atoms with van der Waals surface area (Å²) >= 11 is 0. The fourth-order valence-electron chi connectivity index (χ4n) is 4.84. The second kappa shape index (κ2) is 10.6. The van der Waals surface area contributed by atoms with Crippen LogP contribution in [0.5, 0.6) is 0 Å². The van der Waals surface area contributed by atoms with Gasteiger partial charge in [-0.2, -0.15) is 0 Å². The molecule has 35 heavy (non-hydrogen) atoms. The molecule has 0 aromatic heterocycles. The predicted octanol–water partition coefficient (Wildman–Crippen LogP) is 2.50. The molecule has 1 heterocycles. The SMILES string of the molecule is C[C@H](NC(=O)CCNC(=O)OCC1c2ccccc2-c2ccccc21)C(=O)N1CCC[C@H]1C(=O)O. The average Bonchev–Trinajstić information content (AvgIpc) is 3.46. The number of carbonyl (C=O) groups excluding carboxylic acids is 3. The Hall–Kier alpha value is -3.88. The lowest BCUT2D eigenvalue weighted by molar-refractivity contribution is -0.149. The molecule has 0 radical (unpaired) electrons. The van der Waals surface area contributed by atoms with Gasteiger partial charge in [-0.1, -0.05) is 48.5 Å². The molecule has 2 aromatic rings. The number of benzene rings is 2. The molecule has 4 rings (SSSR count). The Labute approximate surface area is 203 Å². The van der Waals surface area contributed by atoms with Gasteiger partial charge < -0.3 is 25.4 Å². The van der Waals surface area contributed by atoms with Crippen LogP contribution in [-0.2, 0) is 19.1 Å². The number of aliphatic carboxylic acids is 1. The van der Waals surface area contributed by atoms with E-state index in [1.165, 1.54) is 11.8 Å². The third-order valence-corrected chi connectivity index (χ3v) is 6.53. The summed E-state index contributed by atoms with van der Waals surface area (Å²) in [7, 11) is 0. The molecule has 9 heteroatoms. The number of carboxylic acid groups (broad SMARTS) is 1. The monoisotopic (exact) mass is 479 g/mol. The highest BCUT2D eigenvalue weighted by molar-refractivity contribution is 5.90. The van der Waals surface area contributed by atoms with Crippen LogP contribution in [0.15, 0.2) is 48.5 Å². The van der Waals surface area contributed by atoms with Gasteiger partial charge in [0.1, 0.15) is 18.7 Å². The summed E-state index contributed by atoms with van der Waals surface area (Å²) in [6, 6.07) is 14.4. The summed E-state index contributed by atoms with van der Waals surface area (Å²) in [5.74, 6) is -1.94. The van der Waals surface area contributed by atoms with Crippen LogP contribution in [0.2, 0.25) is 0 Å². The molecule has 0 saturated carbocycles. The van der Waals surface area contributed by atoms with Crippen molar-refractivity contribution < 1.29 is 29.0 Å². The van der Waals surface area contributed by atoms with E-state index in [0.29, 0.717) is 19.4 Å². The Kier molecular flexibility index (Phi) is 7.33. The van der Waals surface area contributed by atoms with Gasteiger partial charge in [-0.15, -0.1) is 0 Å². The van der Waals surface area contributed by atoms with Crippen LogP contribution < -0.4 is 10.6 Å². The standard InChI is InChI=1S/C26H29N3O6/c1-16(24(31)29-14-6-11-22(29)25(32)33)28-23(30)12-13-27-26(34)35-15-21-19-9-4-2-7-17(19)18-8-3-5-10-20(18)21/h2-5,7-10,16,21-22H,6,11-15H2,1H3,(H,27,34)(H,28,30)(H,32,33)/t16-,22-/m0/s1. The number of rotatable bonds is 8. The number of likely N-dealkylation sites (tertiary alicyclic amines) is 1. The van der Waals surface area contributed by atoms with Crippen molar-refractivity contribution in [3.05, 3.63) is 59.7 Å². The molecule has 1 aliphatic carbocycles. The highest BCUT2D eigenvalue weighted by Gasteiger charge is 2.36. The number of nitrogens with zero attached hydrogens (tertiary/aromatic N) is 1. The van der Waals surface area contributed by atoms with E-state index in [2.05, 4.69) is 22.8 Å². The predicted molar refractivity (Wildman–Crippen MR) is 128 cm³/mol. The number of carbonyl (C=O) groups is 4. The molecule has 2 aromatic carbocycles. The summed E-state index contributed by atoms with van der Waals surface area (Å²) < 4.78 is 5.44. The molecular formula is C26H29N3O6. The van der Waals surface area contributed by atoms with Crippen LogP contribution in [0.3, 0.4) is 0 Å². The van der Waals surface area contributed by atoms with E-state index < -0.39 is 36.0 Å². The van der Waals surface area contributed by atoms with Crippen LogP contribution in [-0.4, -0.2) is 65.7 Å². The number of hydrogen-bond donors (Lipinski definition) is 3. The smallest absolute Gasteiger partial charge is 0.407 e. The average molecular weight is 480 g/mol. The van der Waals surface area contributed by atoms with Gasteiger partial charge in [-0.3, -0.25) is 9.59 Å². The van der Waals surface area contributed by atoms with Gasteiger partial charge in [0.25, 0.3) is 0 Å². The molecule has 1 aliphatic heterocycles. The van der Waals surface area contributed by atoms with Crippen molar-refractivity contribution in [3.63, 3.8) is 0 Å². The largest absolute Gasteiger partial charge is 0.480 e. The number of fused-ring (bicyclic) bond motifs is 3. The number of nitrogens with one attached hydrogen (secondary N) is 2. The number of carboxylic acids is 1. The zero-order chi connectivity index (χ0) is 24.9. The van der Waals surface area contributed by atoms with Crippen LogP contribution >= 0.6 is 0 Å². The van der Waals surface area contributed by atoms with Crippen LogP contribution in [0.1, 0.15) is 43.2 Å². The van der Waals surface area contributed by atoms with E-state index in [-0.39, 0.29) is 25.5 Å².